The molecule has 0 aromatic heterocycles. The summed E-state index contributed by atoms with van der Waals surface area (Å²) < 4.78 is 65.0. The second-order valence-electron chi connectivity index (χ2n) is 12.6. The molecule has 4 atom stereocenters. The summed E-state index contributed by atoms with van der Waals surface area (Å²) in [5, 5.41) is 5.76. The number of rotatable bonds is 8. The lowest BCUT2D eigenvalue weighted by molar-refractivity contribution is -0.140. The van der Waals surface area contributed by atoms with Gasteiger partial charge in [-0.25, -0.2) is 4.39 Å². The van der Waals surface area contributed by atoms with Crippen LogP contribution in [0.3, 0.4) is 0 Å². The van der Waals surface area contributed by atoms with Crippen LogP contribution in [0.1, 0.15) is 66.4 Å². The maximum absolute atomic E-state index is 13.9. The van der Waals surface area contributed by atoms with Gasteiger partial charge in [0.05, 0.1) is 24.2 Å². The molecular weight excluding hydrogens is 576 g/mol. The number of benzene rings is 2. The topological polar surface area (TPSA) is 76.7 Å². The van der Waals surface area contributed by atoms with Crippen LogP contribution in [0.25, 0.3) is 0 Å². The van der Waals surface area contributed by atoms with Crippen LogP contribution in [0, 0.1) is 35.4 Å². The molecule has 0 radical (unpaired) electrons. The molecule has 4 fully saturated rings. The normalized spacial score (nSPS) is 26.4. The van der Waals surface area contributed by atoms with Crippen molar-refractivity contribution in [3.63, 3.8) is 0 Å². The lowest BCUT2D eigenvalue weighted by Gasteiger charge is -2.30. The summed E-state index contributed by atoms with van der Waals surface area (Å²) in [5.41, 5.74) is 0.995. The van der Waals surface area contributed by atoms with Crippen molar-refractivity contribution >= 4 is 17.5 Å². The van der Waals surface area contributed by atoms with E-state index >= 15 is 0 Å². The van der Waals surface area contributed by atoms with Crippen LogP contribution in [-0.2, 0) is 22.1 Å². The van der Waals surface area contributed by atoms with Crippen molar-refractivity contribution < 1.29 is 36.6 Å². The fourth-order valence-electron chi connectivity index (χ4n) is 7.52. The number of amides is 2. The Morgan fingerprint density at radius 3 is 2.43 bits per heavy atom. The number of ether oxygens (including phenoxy) is 2. The fourth-order valence-corrected chi connectivity index (χ4v) is 7.52. The number of anilines is 1. The molecule has 236 valence electrons. The van der Waals surface area contributed by atoms with Crippen LogP contribution in [0.2, 0.25) is 0 Å². The van der Waals surface area contributed by atoms with Crippen molar-refractivity contribution in [1.29, 1.82) is 0 Å². The Labute approximate surface area is 254 Å². The van der Waals surface area contributed by atoms with Crippen molar-refractivity contribution in [2.45, 2.75) is 63.6 Å². The first-order valence-corrected chi connectivity index (χ1v) is 15.6. The molecule has 3 aliphatic carbocycles. The van der Waals surface area contributed by atoms with E-state index in [2.05, 4.69) is 16.7 Å². The number of allylic oxidation sites excluding steroid dienone is 1. The average molecular weight is 615 g/mol. The molecule has 2 aromatic rings. The molecule has 6 nitrogen and oxygen atoms in total. The summed E-state index contributed by atoms with van der Waals surface area (Å²) in [7, 11) is 1.51. The van der Waals surface area contributed by atoms with Gasteiger partial charge in [0, 0.05) is 30.9 Å². The summed E-state index contributed by atoms with van der Waals surface area (Å²) in [6, 6.07) is 7.53. The number of nitrogens with one attached hydrogen (secondary N) is 2. The Balaban J connectivity index is 1.26. The van der Waals surface area contributed by atoms with Gasteiger partial charge in [-0.05, 0) is 98.6 Å². The van der Waals surface area contributed by atoms with E-state index in [1.54, 1.807) is 6.07 Å². The van der Waals surface area contributed by atoms with E-state index in [0.717, 1.165) is 81.8 Å². The summed E-state index contributed by atoms with van der Waals surface area (Å²) in [4.78, 5) is 27.7. The van der Waals surface area contributed by atoms with E-state index in [9.17, 15) is 27.2 Å². The quantitative estimate of drug-likeness (QED) is 0.250. The second kappa shape index (κ2) is 12.5. The fraction of sp³-hybridized carbons (Fsp3) is 0.529. The first kappa shape index (κ1) is 30.6. The number of hydrogen-bond acceptors (Lipinski definition) is 4. The molecule has 44 heavy (non-hydrogen) atoms. The Bertz CT molecular complexity index is 1430. The van der Waals surface area contributed by atoms with Crippen molar-refractivity contribution in [2.24, 2.45) is 29.6 Å². The van der Waals surface area contributed by atoms with E-state index in [1.807, 2.05) is 12.1 Å². The third-order valence-electron chi connectivity index (χ3n) is 9.99. The Morgan fingerprint density at radius 2 is 1.75 bits per heavy atom. The van der Waals surface area contributed by atoms with Crippen LogP contribution < -0.4 is 15.4 Å². The van der Waals surface area contributed by atoms with E-state index in [1.165, 1.54) is 7.11 Å². The zero-order chi connectivity index (χ0) is 31.0. The molecule has 2 N–H and O–H groups in total. The minimum absolute atomic E-state index is 0.0457. The van der Waals surface area contributed by atoms with Crippen molar-refractivity contribution in [3.05, 3.63) is 70.6 Å². The number of hydrogen-bond donors (Lipinski definition) is 2. The standard InChI is InChI=1S/C34H38F4N2O4/c1-43-29-10-5-21(15-20-11-13-44-14-12-20)17-26(29)32(41)40-31-24-8-7-23(25(24)16-19-3-2-4-19)30(31)33(42)39-22-6-9-28(35)27(18-22)34(36,37)38/h5-6,9-10,16-20,23-24,30-31H,2-4,7-8,11-15H2,1H3,(H,39,42)(H,40,41)/b25-16-. The highest BCUT2D eigenvalue weighted by molar-refractivity contribution is 5.99. The number of fused-ring (bicyclic) bond motifs is 2. The van der Waals surface area contributed by atoms with Gasteiger partial charge in [-0.1, -0.05) is 24.1 Å². The van der Waals surface area contributed by atoms with Crippen LogP contribution in [-0.4, -0.2) is 38.2 Å². The van der Waals surface area contributed by atoms with Crippen LogP contribution in [0.5, 0.6) is 5.75 Å². The molecule has 4 unspecified atom stereocenters. The smallest absolute Gasteiger partial charge is 0.419 e. The molecule has 2 bridgehead atoms. The molecule has 1 saturated heterocycles. The van der Waals surface area contributed by atoms with Crippen LogP contribution >= 0.6 is 0 Å². The average Bonchev–Trinajstić information content (AvgIpc) is 3.50. The SMILES string of the molecule is COc1ccc(CC2CCOCC2)cc1C(=O)NC1C2CCC(/C2=C/C2CCC2)C1C(=O)Nc1ccc(F)c(C(F)(F)F)c1. The van der Waals surface area contributed by atoms with Crippen molar-refractivity contribution in [3.8, 4) is 5.75 Å². The third kappa shape index (κ3) is 6.23. The van der Waals surface area contributed by atoms with Crippen molar-refractivity contribution in [1.82, 2.24) is 5.32 Å². The van der Waals surface area contributed by atoms with Gasteiger partial charge >= 0.3 is 6.18 Å². The maximum atomic E-state index is 13.9. The van der Waals surface area contributed by atoms with Gasteiger partial charge in [0.15, 0.2) is 0 Å². The highest BCUT2D eigenvalue weighted by atomic mass is 19.4. The van der Waals surface area contributed by atoms with Crippen molar-refractivity contribution in [2.75, 3.05) is 25.6 Å². The Kier molecular flexibility index (Phi) is 8.72. The first-order chi connectivity index (χ1) is 21.1. The summed E-state index contributed by atoms with van der Waals surface area (Å²) in [6.45, 7) is 1.46. The predicted molar refractivity (Wildman–Crippen MR) is 157 cm³/mol. The van der Waals surface area contributed by atoms with E-state index in [4.69, 9.17) is 9.47 Å². The van der Waals surface area contributed by atoms with Crippen LogP contribution in [0.15, 0.2) is 48.0 Å². The molecule has 6 rings (SSSR count). The largest absolute Gasteiger partial charge is 0.496 e. The monoisotopic (exact) mass is 614 g/mol. The van der Waals surface area contributed by atoms with E-state index in [0.29, 0.717) is 35.3 Å². The first-order valence-electron chi connectivity index (χ1n) is 15.6. The van der Waals surface area contributed by atoms with Crippen LogP contribution in [0.4, 0.5) is 23.2 Å². The van der Waals surface area contributed by atoms with Gasteiger partial charge in [0.1, 0.15) is 11.6 Å². The third-order valence-corrected chi connectivity index (χ3v) is 9.99. The number of methoxy groups -OCH3 is 1. The van der Waals surface area contributed by atoms with Gasteiger partial charge in [0.2, 0.25) is 5.91 Å². The summed E-state index contributed by atoms with van der Waals surface area (Å²) in [6.07, 6.45) is 5.02. The lowest BCUT2D eigenvalue weighted by Crippen LogP contribution is -2.48. The molecule has 1 aliphatic heterocycles. The number of halogens is 4. The summed E-state index contributed by atoms with van der Waals surface area (Å²) in [5.74, 6) is -1.75. The molecule has 3 saturated carbocycles. The number of carbonyl (C=O) groups excluding carboxylic acids is 2. The van der Waals surface area contributed by atoms with Gasteiger partial charge in [0.25, 0.3) is 5.91 Å². The van der Waals surface area contributed by atoms with Gasteiger partial charge < -0.3 is 20.1 Å². The second-order valence-corrected chi connectivity index (χ2v) is 12.6. The zero-order valence-electron chi connectivity index (χ0n) is 24.7. The predicted octanol–water partition coefficient (Wildman–Crippen LogP) is 6.94. The highest BCUT2D eigenvalue weighted by Gasteiger charge is 2.55. The molecule has 2 amide bonds. The zero-order valence-corrected chi connectivity index (χ0v) is 24.7. The summed E-state index contributed by atoms with van der Waals surface area (Å²) >= 11 is 0. The van der Waals surface area contributed by atoms with Gasteiger partial charge in [-0.15, -0.1) is 0 Å². The molecule has 0 spiro atoms. The minimum Gasteiger partial charge on any atom is -0.496 e. The van der Waals surface area contributed by atoms with Gasteiger partial charge in [-0.3, -0.25) is 9.59 Å². The maximum Gasteiger partial charge on any atom is 0.419 e. The minimum atomic E-state index is -4.90. The molecule has 4 aliphatic rings. The molecule has 2 aromatic carbocycles. The molecule has 10 heteroatoms. The Morgan fingerprint density at radius 1 is 1.00 bits per heavy atom. The molecule has 1 heterocycles. The van der Waals surface area contributed by atoms with E-state index in [-0.39, 0.29) is 23.4 Å². The number of alkyl halides is 3. The molecular formula is C34H38F4N2O4. The number of carbonyl (C=O) groups is 2. The van der Waals surface area contributed by atoms with Gasteiger partial charge in [-0.2, -0.15) is 13.2 Å². The Hall–Kier alpha value is -3.40. The lowest BCUT2D eigenvalue weighted by atomic mass is 9.82. The van der Waals surface area contributed by atoms with E-state index < -0.39 is 35.4 Å². The highest BCUT2D eigenvalue weighted by Crippen LogP contribution is 2.54.